The van der Waals surface area contributed by atoms with Crippen LogP contribution in [0.25, 0.3) is 0 Å². The molecule has 1 fully saturated rings. The number of guanidine groups is 1. The predicted molar refractivity (Wildman–Crippen MR) is 108 cm³/mol. The van der Waals surface area contributed by atoms with E-state index in [-0.39, 0.29) is 24.0 Å². The van der Waals surface area contributed by atoms with E-state index < -0.39 is 0 Å². The van der Waals surface area contributed by atoms with Gasteiger partial charge in [0.05, 0.1) is 5.69 Å². The molecular weight excluding hydrogens is 437 g/mol. The molecule has 132 valence electrons. The maximum Gasteiger partial charge on any atom is 0.193 e. The van der Waals surface area contributed by atoms with Crippen molar-refractivity contribution in [1.29, 1.82) is 0 Å². The SMILES string of the molecule is CN=C(NCCc1cccs1)N1CCN(Cc2ccon2)CC1.I. The van der Waals surface area contributed by atoms with Crippen LogP contribution in [0.15, 0.2) is 39.4 Å². The molecule has 8 heteroatoms. The Bertz CT molecular complexity index is 594. The largest absolute Gasteiger partial charge is 0.364 e. The molecule has 0 bridgehead atoms. The quantitative estimate of drug-likeness (QED) is 0.421. The van der Waals surface area contributed by atoms with Crippen LogP contribution in [0.5, 0.6) is 0 Å². The number of hydrogen-bond donors (Lipinski definition) is 1. The van der Waals surface area contributed by atoms with Gasteiger partial charge in [0.15, 0.2) is 5.96 Å². The van der Waals surface area contributed by atoms with E-state index in [4.69, 9.17) is 4.52 Å². The van der Waals surface area contributed by atoms with E-state index in [1.165, 1.54) is 4.88 Å². The first-order valence-corrected chi connectivity index (χ1v) is 8.82. The zero-order chi connectivity index (χ0) is 15.9. The Kier molecular flexibility index (Phi) is 8.00. The Labute approximate surface area is 163 Å². The van der Waals surface area contributed by atoms with Crippen molar-refractivity contribution >= 4 is 41.3 Å². The van der Waals surface area contributed by atoms with Gasteiger partial charge in [-0.2, -0.15) is 0 Å². The van der Waals surface area contributed by atoms with Gasteiger partial charge in [0.25, 0.3) is 0 Å². The lowest BCUT2D eigenvalue weighted by Crippen LogP contribution is -2.52. The van der Waals surface area contributed by atoms with Gasteiger partial charge in [0, 0.05) is 57.3 Å². The second-order valence-electron chi connectivity index (χ2n) is 5.56. The van der Waals surface area contributed by atoms with Crippen LogP contribution < -0.4 is 5.32 Å². The Balaban J connectivity index is 0.00000208. The van der Waals surface area contributed by atoms with Crippen LogP contribution in [0.2, 0.25) is 0 Å². The number of nitrogens with one attached hydrogen (secondary N) is 1. The number of aromatic nitrogens is 1. The van der Waals surface area contributed by atoms with E-state index in [1.54, 1.807) is 17.6 Å². The van der Waals surface area contributed by atoms with Gasteiger partial charge in [-0.05, 0) is 17.9 Å². The van der Waals surface area contributed by atoms with Crippen LogP contribution in [0.3, 0.4) is 0 Å². The maximum atomic E-state index is 4.89. The van der Waals surface area contributed by atoms with Crippen LogP contribution in [0.4, 0.5) is 0 Å². The molecule has 24 heavy (non-hydrogen) atoms. The molecule has 2 aromatic heterocycles. The Morgan fingerprint density at radius 1 is 1.33 bits per heavy atom. The lowest BCUT2D eigenvalue weighted by Gasteiger charge is -2.36. The summed E-state index contributed by atoms with van der Waals surface area (Å²) in [5.74, 6) is 1.00. The molecule has 2 aromatic rings. The lowest BCUT2D eigenvalue weighted by atomic mass is 10.3. The van der Waals surface area contributed by atoms with Crippen molar-refractivity contribution in [2.24, 2.45) is 4.99 Å². The first-order chi connectivity index (χ1) is 11.3. The topological polar surface area (TPSA) is 56.9 Å². The highest BCUT2D eigenvalue weighted by atomic mass is 127. The van der Waals surface area contributed by atoms with E-state index in [0.29, 0.717) is 0 Å². The van der Waals surface area contributed by atoms with Crippen molar-refractivity contribution in [3.05, 3.63) is 40.4 Å². The van der Waals surface area contributed by atoms with Crippen molar-refractivity contribution in [2.75, 3.05) is 39.8 Å². The highest BCUT2D eigenvalue weighted by Gasteiger charge is 2.20. The Morgan fingerprint density at radius 3 is 2.79 bits per heavy atom. The molecule has 0 aliphatic carbocycles. The lowest BCUT2D eigenvalue weighted by molar-refractivity contribution is 0.169. The number of halogens is 1. The number of piperazine rings is 1. The third-order valence-electron chi connectivity index (χ3n) is 4.00. The molecule has 6 nitrogen and oxygen atoms in total. The Hall–Kier alpha value is -1.13. The van der Waals surface area contributed by atoms with Crippen molar-refractivity contribution in [1.82, 2.24) is 20.3 Å². The Morgan fingerprint density at radius 2 is 2.17 bits per heavy atom. The number of nitrogens with zero attached hydrogens (tertiary/aromatic N) is 4. The molecule has 0 aromatic carbocycles. The van der Waals surface area contributed by atoms with Gasteiger partial charge in [0.1, 0.15) is 6.26 Å². The van der Waals surface area contributed by atoms with Gasteiger partial charge < -0.3 is 14.7 Å². The highest BCUT2D eigenvalue weighted by Crippen LogP contribution is 2.09. The summed E-state index contributed by atoms with van der Waals surface area (Å²) in [5.41, 5.74) is 0.997. The second kappa shape index (κ2) is 10.00. The summed E-state index contributed by atoms with van der Waals surface area (Å²) >= 11 is 1.81. The molecule has 0 saturated carbocycles. The smallest absolute Gasteiger partial charge is 0.193 e. The van der Waals surface area contributed by atoms with Gasteiger partial charge in [-0.25, -0.2) is 0 Å². The first kappa shape index (κ1) is 19.2. The zero-order valence-corrected chi connectivity index (χ0v) is 17.0. The molecule has 1 aliphatic rings. The molecule has 3 rings (SSSR count). The van der Waals surface area contributed by atoms with Gasteiger partial charge >= 0.3 is 0 Å². The fourth-order valence-electron chi connectivity index (χ4n) is 2.75. The highest BCUT2D eigenvalue weighted by molar-refractivity contribution is 14.0. The van der Waals surface area contributed by atoms with E-state index in [1.807, 2.05) is 13.1 Å². The van der Waals surface area contributed by atoms with Crippen molar-refractivity contribution < 1.29 is 4.52 Å². The van der Waals surface area contributed by atoms with E-state index in [0.717, 1.165) is 57.3 Å². The first-order valence-electron chi connectivity index (χ1n) is 7.95. The minimum atomic E-state index is 0. The second-order valence-corrected chi connectivity index (χ2v) is 6.59. The summed E-state index contributed by atoms with van der Waals surface area (Å²) in [6.45, 7) is 5.77. The van der Waals surface area contributed by atoms with Gasteiger partial charge in [-0.15, -0.1) is 35.3 Å². The third kappa shape index (κ3) is 5.45. The number of aliphatic imine (C=N–C) groups is 1. The third-order valence-corrected chi connectivity index (χ3v) is 4.93. The van der Waals surface area contributed by atoms with Crippen LogP contribution in [-0.2, 0) is 13.0 Å². The molecule has 0 amide bonds. The van der Waals surface area contributed by atoms with Gasteiger partial charge in [0.2, 0.25) is 0 Å². The molecule has 0 radical (unpaired) electrons. The van der Waals surface area contributed by atoms with E-state index in [9.17, 15) is 0 Å². The number of thiophene rings is 1. The molecule has 0 spiro atoms. The van der Waals surface area contributed by atoms with Gasteiger partial charge in [-0.3, -0.25) is 9.89 Å². The predicted octanol–water partition coefficient (Wildman–Crippen LogP) is 2.29. The molecule has 3 heterocycles. The molecule has 0 atom stereocenters. The van der Waals surface area contributed by atoms with Crippen molar-refractivity contribution in [3.8, 4) is 0 Å². The number of rotatable bonds is 5. The van der Waals surface area contributed by atoms with Crippen molar-refractivity contribution in [2.45, 2.75) is 13.0 Å². The zero-order valence-electron chi connectivity index (χ0n) is 13.9. The minimum absolute atomic E-state index is 0. The van der Waals surface area contributed by atoms with E-state index >= 15 is 0 Å². The monoisotopic (exact) mass is 461 g/mol. The fraction of sp³-hybridized carbons (Fsp3) is 0.500. The molecular formula is C16H24IN5OS. The summed E-state index contributed by atoms with van der Waals surface area (Å²) in [7, 11) is 1.86. The molecule has 1 N–H and O–H groups in total. The standard InChI is InChI=1S/C16H23N5OS.HI/c1-17-16(18-6-4-15-3-2-12-23-15)21-9-7-20(8-10-21)13-14-5-11-22-19-14;/h2-3,5,11-12H,4,6-10,13H2,1H3,(H,17,18);1H. The maximum absolute atomic E-state index is 4.89. The van der Waals surface area contributed by atoms with Crippen LogP contribution >= 0.6 is 35.3 Å². The average molecular weight is 461 g/mol. The summed E-state index contributed by atoms with van der Waals surface area (Å²) in [4.78, 5) is 10.6. The summed E-state index contributed by atoms with van der Waals surface area (Å²) < 4.78 is 4.89. The molecule has 1 aliphatic heterocycles. The van der Waals surface area contributed by atoms with Crippen LogP contribution in [0, 0.1) is 0 Å². The normalized spacial score (nSPS) is 16.0. The summed E-state index contributed by atoms with van der Waals surface area (Å²) in [5, 5.41) is 9.58. The molecule has 1 saturated heterocycles. The average Bonchev–Trinajstić information content (AvgIpc) is 3.26. The van der Waals surface area contributed by atoms with Crippen LogP contribution in [-0.4, -0.2) is 60.7 Å². The number of hydrogen-bond acceptors (Lipinski definition) is 5. The van der Waals surface area contributed by atoms with E-state index in [2.05, 4.69) is 42.8 Å². The fourth-order valence-corrected chi connectivity index (χ4v) is 3.46. The van der Waals surface area contributed by atoms with Gasteiger partial charge in [-0.1, -0.05) is 11.2 Å². The summed E-state index contributed by atoms with van der Waals surface area (Å²) in [6.07, 6.45) is 2.67. The minimum Gasteiger partial charge on any atom is -0.364 e. The summed E-state index contributed by atoms with van der Waals surface area (Å²) in [6, 6.07) is 6.21. The van der Waals surface area contributed by atoms with Crippen LogP contribution in [0.1, 0.15) is 10.6 Å². The van der Waals surface area contributed by atoms with Crippen molar-refractivity contribution in [3.63, 3.8) is 0 Å². The molecule has 0 unspecified atom stereocenters.